The number of hydrazine groups is 1. The van der Waals surface area contributed by atoms with E-state index in [4.69, 9.17) is 0 Å². The van der Waals surface area contributed by atoms with Crippen molar-refractivity contribution in [2.45, 2.75) is 38.6 Å². The fraction of sp³-hybridized carbons (Fsp3) is 0.381. The first-order chi connectivity index (χ1) is 12.3. The van der Waals surface area contributed by atoms with E-state index in [1.165, 1.54) is 12.0 Å². The number of urea groups is 1. The number of carbonyl (C=O) groups excluding carboxylic acids is 1. The van der Waals surface area contributed by atoms with Gasteiger partial charge in [-0.1, -0.05) is 55.0 Å². The van der Waals surface area contributed by atoms with E-state index in [-0.39, 0.29) is 6.03 Å². The number of para-hydroxylation sites is 1. The van der Waals surface area contributed by atoms with Crippen LogP contribution in [0.15, 0.2) is 60.7 Å². The average Bonchev–Trinajstić information content (AvgIpc) is 2.66. The number of nitrogens with zero attached hydrogens (tertiary/aromatic N) is 2. The van der Waals surface area contributed by atoms with E-state index in [1.54, 1.807) is 4.90 Å². The number of benzene rings is 2. The van der Waals surface area contributed by atoms with Crippen molar-refractivity contribution < 1.29 is 4.79 Å². The molecule has 0 aliphatic carbocycles. The molecular formula is C21H27N3O. The second-order valence-corrected chi connectivity index (χ2v) is 6.53. The summed E-state index contributed by atoms with van der Waals surface area (Å²) in [4.78, 5) is 14.6. The van der Waals surface area contributed by atoms with Gasteiger partial charge in [-0.15, -0.1) is 0 Å². The van der Waals surface area contributed by atoms with Gasteiger partial charge in [-0.25, -0.2) is 9.80 Å². The second-order valence-electron chi connectivity index (χ2n) is 6.53. The zero-order chi connectivity index (χ0) is 17.5. The van der Waals surface area contributed by atoms with E-state index < -0.39 is 0 Å². The predicted molar refractivity (Wildman–Crippen MR) is 102 cm³/mol. The van der Waals surface area contributed by atoms with Crippen molar-refractivity contribution in [3.8, 4) is 0 Å². The molecule has 0 aromatic heterocycles. The van der Waals surface area contributed by atoms with Crippen molar-refractivity contribution in [1.82, 2.24) is 10.4 Å². The lowest BCUT2D eigenvalue weighted by Crippen LogP contribution is -2.55. The van der Waals surface area contributed by atoms with Crippen LogP contribution in [0.2, 0.25) is 0 Å². The summed E-state index contributed by atoms with van der Waals surface area (Å²) in [5.74, 6) is 0. The second kappa shape index (κ2) is 8.67. The van der Waals surface area contributed by atoms with E-state index in [9.17, 15) is 4.79 Å². The predicted octanol–water partition coefficient (Wildman–Crippen LogP) is 4.23. The number of anilines is 1. The maximum atomic E-state index is 12.8. The molecule has 1 aliphatic heterocycles. The third-order valence-corrected chi connectivity index (χ3v) is 4.81. The minimum absolute atomic E-state index is 0.0475. The lowest BCUT2D eigenvalue weighted by atomic mass is 9.97. The summed E-state index contributed by atoms with van der Waals surface area (Å²) in [6.45, 7) is 3.56. The molecule has 2 amide bonds. The number of hydrogen-bond acceptors (Lipinski definition) is 2. The average molecular weight is 337 g/mol. The third kappa shape index (κ3) is 4.60. The van der Waals surface area contributed by atoms with Gasteiger partial charge < -0.3 is 0 Å². The van der Waals surface area contributed by atoms with E-state index in [0.717, 1.165) is 31.5 Å². The van der Waals surface area contributed by atoms with Crippen LogP contribution in [-0.4, -0.2) is 30.2 Å². The Kier molecular flexibility index (Phi) is 6.07. The molecule has 2 aromatic rings. The first-order valence-corrected chi connectivity index (χ1v) is 9.21. The third-order valence-electron chi connectivity index (χ3n) is 4.81. The van der Waals surface area contributed by atoms with Crippen molar-refractivity contribution in [3.63, 3.8) is 0 Å². The fourth-order valence-electron chi connectivity index (χ4n) is 3.48. The normalized spacial score (nSPS) is 17.9. The van der Waals surface area contributed by atoms with Crippen LogP contribution in [0.5, 0.6) is 0 Å². The summed E-state index contributed by atoms with van der Waals surface area (Å²) in [7, 11) is 0. The molecule has 1 saturated heterocycles. The summed E-state index contributed by atoms with van der Waals surface area (Å²) < 4.78 is 0. The van der Waals surface area contributed by atoms with Crippen LogP contribution < -0.4 is 10.3 Å². The molecule has 4 nitrogen and oxygen atoms in total. The van der Waals surface area contributed by atoms with Gasteiger partial charge in [-0.3, -0.25) is 10.3 Å². The highest BCUT2D eigenvalue weighted by molar-refractivity contribution is 5.91. The van der Waals surface area contributed by atoms with Gasteiger partial charge in [0.15, 0.2) is 0 Å². The Morgan fingerprint density at radius 2 is 1.76 bits per heavy atom. The van der Waals surface area contributed by atoms with Crippen LogP contribution in [0.4, 0.5) is 10.5 Å². The van der Waals surface area contributed by atoms with Crippen molar-refractivity contribution >= 4 is 11.7 Å². The van der Waals surface area contributed by atoms with Gasteiger partial charge in [0.1, 0.15) is 0 Å². The number of carbonyl (C=O) groups is 1. The zero-order valence-electron chi connectivity index (χ0n) is 14.9. The molecule has 1 unspecified atom stereocenters. The highest BCUT2D eigenvalue weighted by Crippen LogP contribution is 2.20. The van der Waals surface area contributed by atoms with Crippen molar-refractivity contribution in [1.29, 1.82) is 0 Å². The smallest absolute Gasteiger partial charge is 0.294 e. The molecule has 2 aromatic carbocycles. The Balaban J connectivity index is 1.67. The standard InChI is InChI=1S/C21H27N3O/c1-2-23(19-13-7-4-8-14-19)21(25)22-24-16-10-9-15-20(24)17-18-11-5-3-6-12-18/h3-8,11-14,20H,2,9-10,15-17H2,1H3,(H,22,25). The van der Waals surface area contributed by atoms with Gasteiger partial charge >= 0.3 is 6.03 Å². The molecule has 25 heavy (non-hydrogen) atoms. The molecule has 132 valence electrons. The van der Waals surface area contributed by atoms with Gasteiger partial charge in [0.25, 0.3) is 0 Å². The topological polar surface area (TPSA) is 35.6 Å². The number of amides is 2. The summed E-state index contributed by atoms with van der Waals surface area (Å²) in [5, 5.41) is 2.14. The molecule has 0 bridgehead atoms. The highest BCUT2D eigenvalue weighted by atomic mass is 16.2. The minimum Gasteiger partial charge on any atom is -0.294 e. The van der Waals surface area contributed by atoms with Crippen LogP contribution in [0, 0.1) is 0 Å². The van der Waals surface area contributed by atoms with Crippen LogP contribution in [0.1, 0.15) is 31.7 Å². The molecular weight excluding hydrogens is 310 g/mol. The molecule has 0 spiro atoms. The maximum absolute atomic E-state index is 12.8. The van der Waals surface area contributed by atoms with Crippen LogP contribution in [-0.2, 0) is 6.42 Å². The van der Waals surface area contributed by atoms with E-state index in [0.29, 0.717) is 12.6 Å². The van der Waals surface area contributed by atoms with Gasteiger partial charge in [0.2, 0.25) is 0 Å². The van der Waals surface area contributed by atoms with E-state index >= 15 is 0 Å². The molecule has 1 heterocycles. The van der Waals surface area contributed by atoms with E-state index in [1.807, 2.05) is 43.3 Å². The Hall–Kier alpha value is -2.33. The first kappa shape index (κ1) is 17.5. The molecule has 1 aliphatic rings. The fourth-order valence-corrected chi connectivity index (χ4v) is 3.48. The van der Waals surface area contributed by atoms with Crippen molar-refractivity contribution in [3.05, 3.63) is 66.2 Å². The van der Waals surface area contributed by atoms with Crippen LogP contribution >= 0.6 is 0 Å². The van der Waals surface area contributed by atoms with Crippen LogP contribution in [0.25, 0.3) is 0 Å². The Labute approximate surface area is 150 Å². The van der Waals surface area contributed by atoms with Gasteiger partial charge in [0.05, 0.1) is 0 Å². The number of hydrogen-bond donors (Lipinski definition) is 1. The summed E-state index contributed by atoms with van der Waals surface area (Å²) in [5.41, 5.74) is 5.41. The SMILES string of the molecule is CCN(C(=O)NN1CCCCC1Cc1ccccc1)c1ccccc1. The van der Waals surface area contributed by atoms with Gasteiger partial charge in [0, 0.05) is 24.8 Å². The molecule has 1 atom stereocenters. The summed E-state index contributed by atoms with van der Waals surface area (Å²) in [6, 6.07) is 20.7. The van der Waals surface area contributed by atoms with Crippen molar-refractivity contribution in [2.24, 2.45) is 0 Å². The van der Waals surface area contributed by atoms with Gasteiger partial charge in [-0.2, -0.15) is 0 Å². The Morgan fingerprint density at radius 3 is 2.44 bits per heavy atom. The number of piperidine rings is 1. The van der Waals surface area contributed by atoms with Crippen molar-refractivity contribution in [2.75, 3.05) is 18.0 Å². The Morgan fingerprint density at radius 1 is 1.08 bits per heavy atom. The molecule has 0 radical (unpaired) electrons. The number of nitrogens with one attached hydrogen (secondary N) is 1. The van der Waals surface area contributed by atoms with Gasteiger partial charge in [-0.05, 0) is 43.9 Å². The largest absolute Gasteiger partial charge is 0.336 e. The lowest BCUT2D eigenvalue weighted by Gasteiger charge is -2.37. The monoisotopic (exact) mass is 337 g/mol. The summed E-state index contributed by atoms with van der Waals surface area (Å²) in [6.07, 6.45) is 4.44. The molecule has 4 heteroatoms. The maximum Gasteiger partial charge on any atom is 0.336 e. The summed E-state index contributed by atoms with van der Waals surface area (Å²) >= 11 is 0. The highest BCUT2D eigenvalue weighted by Gasteiger charge is 2.26. The number of rotatable bonds is 5. The molecule has 1 fully saturated rings. The zero-order valence-corrected chi connectivity index (χ0v) is 14.9. The molecule has 3 rings (SSSR count). The minimum atomic E-state index is -0.0475. The Bertz CT molecular complexity index is 659. The van der Waals surface area contributed by atoms with Crippen LogP contribution in [0.3, 0.4) is 0 Å². The van der Waals surface area contributed by atoms with E-state index in [2.05, 4.69) is 34.7 Å². The quantitative estimate of drug-likeness (QED) is 0.886. The lowest BCUT2D eigenvalue weighted by molar-refractivity contribution is 0.0989. The first-order valence-electron chi connectivity index (χ1n) is 9.21. The molecule has 0 saturated carbocycles. The molecule has 1 N–H and O–H groups in total.